The molecule has 0 amide bonds. The lowest BCUT2D eigenvalue weighted by molar-refractivity contribution is 0.0600. The van der Waals surface area contributed by atoms with E-state index >= 15 is 0 Å². The first-order valence-electron chi connectivity index (χ1n) is 11.5. The van der Waals surface area contributed by atoms with Crippen molar-refractivity contribution in [3.63, 3.8) is 0 Å². The van der Waals surface area contributed by atoms with Crippen LogP contribution in [-0.2, 0) is 14.8 Å². The Kier molecular flexibility index (Phi) is 7.11. The first-order valence-corrected chi connectivity index (χ1v) is 12.9. The normalized spacial score (nSPS) is 15.9. The second kappa shape index (κ2) is 10.0. The van der Waals surface area contributed by atoms with E-state index in [-0.39, 0.29) is 16.2 Å². The maximum absolute atomic E-state index is 13.4. The number of ether oxygens (including phenoxy) is 2. The number of para-hydroxylation sites is 1. The largest absolute Gasteiger partial charge is 0.465 e. The van der Waals surface area contributed by atoms with Crippen molar-refractivity contribution in [2.45, 2.75) is 30.6 Å². The SMILES string of the molecule is COC(=O)c1cc(N(CC2CC2)CC2CC2)c(Oc2ccccc2)c(S(=O)(=O)/N=C\N(C)C)c1. The van der Waals surface area contributed by atoms with Crippen LogP contribution in [0.2, 0.25) is 0 Å². The van der Waals surface area contributed by atoms with Gasteiger partial charge in [-0.05, 0) is 61.8 Å². The molecule has 2 saturated carbocycles. The van der Waals surface area contributed by atoms with Crippen molar-refractivity contribution in [2.24, 2.45) is 16.2 Å². The monoisotopic (exact) mass is 485 g/mol. The van der Waals surface area contributed by atoms with Crippen LogP contribution in [0, 0.1) is 11.8 Å². The van der Waals surface area contributed by atoms with E-state index < -0.39 is 16.0 Å². The molecule has 0 spiro atoms. The number of sulfonamides is 1. The Hall–Kier alpha value is -3.07. The van der Waals surface area contributed by atoms with E-state index in [4.69, 9.17) is 9.47 Å². The van der Waals surface area contributed by atoms with Crippen molar-refractivity contribution in [2.75, 3.05) is 39.2 Å². The first kappa shape index (κ1) is 24.1. The van der Waals surface area contributed by atoms with Gasteiger partial charge in [0.2, 0.25) is 0 Å². The molecular weight excluding hydrogens is 454 g/mol. The number of esters is 1. The number of nitrogens with zero attached hydrogens (tertiary/aromatic N) is 3. The summed E-state index contributed by atoms with van der Waals surface area (Å²) >= 11 is 0. The fourth-order valence-corrected chi connectivity index (χ4v) is 4.75. The average molecular weight is 486 g/mol. The summed E-state index contributed by atoms with van der Waals surface area (Å²) in [6.45, 7) is 1.57. The second-order valence-electron chi connectivity index (χ2n) is 9.18. The van der Waals surface area contributed by atoms with Crippen molar-refractivity contribution in [3.05, 3.63) is 48.0 Å². The quantitative estimate of drug-likeness (QED) is 0.268. The molecule has 0 heterocycles. The van der Waals surface area contributed by atoms with Crippen LogP contribution in [0.1, 0.15) is 36.0 Å². The van der Waals surface area contributed by atoms with E-state index in [9.17, 15) is 13.2 Å². The van der Waals surface area contributed by atoms with Crippen molar-refractivity contribution < 1.29 is 22.7 Å². The zero-order chi connectivity index (χ0) is 24.3. The zero-order valence-electron chi connectivity index (χ0n) is 19.8. The van der Waals surface area contributed by atoms with E-state index in [0.717, 1.165) is 38.8 Å². The molecule has 2 aromatic carbocycles. The van der Waals surface area contributed by atoms with E-state index in [0.29, 0.717) is 23.3 Å². The molecule has 2 aromatic rings. The molecule has 0 atom stereocenters. The molecule has 0 N–H and O–H groups in total. The Morgan fingerprint density at radius 3 is 2.21 bits per heavy atom. The highest BCUT2D eigenvalue weighted by molar-refractivity contribution is 7.90. The number of carbonyl (C=O) groups is 1. The molecular formula is C25H31N3O5S. The zero-order valence-corrected chi connectivity index (χ0v) is 20.6. The molecule has 0 aliphatic heterocycles. The van der Waals surface area contributed by atoms with Crippen LogP contribution in [0.25, 0.3) is 0 Å². The van der Waals surface area contributed by atoms with Gasteiger partial charge in [0.1, 0.15) is 17.0 Å². The summed E-state index contributed by atoms with van der Waals surface area (Å²) in [5, 5.41) is 0. The van der Waals surface area contributed by atoms with Gasteiger partial charge in [0.25, 0.3) is 10.0 Å². The minimum absolute atomic E-state index is 0.146. The Balaban J connectivity index is 1.90. The second-order valence-corrected chi connectivity index (χ2v) is 10.8. The van der Waals surface area contributed by atoms with Gasteiger partial charge < -0.3 is 19.3 Å². The number of hydrogen-bond donors (Lipinski definition) is 0. The predicted octanol–water partition coefficient (Wildman–Crippen LogP) is 4.17. The van der Waals surface area contributed by atoms with Crippen LogP contribution in [0.5, 0.6) is 11.5 Å². The Morgan fingerprint density at radius 1 is 1.06 bits per heavy atom. The number of benzene rings is 2. The van der Waals surface area contributed by atoms with Crippen molar-refractivity contribution >= 4 is 28.0 Å². The topological polar surface area (TPSA) is 88.5 Å². The fraction of sp³-hybridized carbons (Fsp3) is 0.440. The Morgan fingerprint density at radius 2 is 1.68 bits per heavy atom. The smallest absolute Gasteiger partial charge is 0.337 e. The summed E-state index contributed by atoms with van der Waals surface area (Å²) in [4.78, 5) is 16.1. The highest BCUT2D eigenvalue weighted by Crippen LogP contribution is 2.44. The molecule has 0 aromatic heterocycles. The maximum Gasteiger partial charge on any atom is 0.337 e. The molecule has 182 valence electrons. The summed E-state index contributed by atoms with van der Waals surface area (Å²) in [6.07, 6.45) is 5.80. The summed E-state index contributed by atoms with van der Waals surface area (Å²) in [6, 6.07) is 12.0. The minimum atomic E-state index is -4.18. The molecule has 2 fully saturated rings. The van der Waals surface area contributed by atoms with Crippen molar-refractivity contribution in [1.29, 1.82) is 0 Å². The van der Waals surface area contributed by atoms with Crippen LogP contribution in [0.15, 0.2) is 51.8 Å². The van der Waals surface area contributed by atoms with Crippen molar-refractivity contribution in [1.82, 2.24) is 4.90 Å². The fourth-order valence-electron chi connectivity index (χ4n) is 3.67. The van der Waals surface area contributed by atoms with Crippen LogP contribution in [-0.4, -0.2) is 59.9 Å². The summed E-state index contributed by atoms with van der Waals surface area (Å²) in [5.74, 6) is 1.17. The van der Waals surface area contributed by atoms with Gasteiger partial charge >= 0.3 is 5.97 Å². The molecule has 4 rings (SSSR count). The van der Waals surface area contributed by atoms with Gasteiger partial charge in [0.05, 0.1) is 18.4 Å². The number of rotatable bonds is 11. The van der Waals surface area contributed by atoms with Crippen LogP contribution < -0.4 is 9.64 Å². The highest BCUT2D eigenvalue weighted by Gasteiger charge is 2.34. The molecule has 0 saturated heterocycles. The van der Waals surface area contributed by atoms with Crippen molar-refractivity contribution in [3.8, 4) is 11.5 Å². The maximum atomic E-state index is 13.4. The van der Waals surface area contributed by atoms with Gasteiger partial charge in [-0.15, -0.1) is 4.40 Å². The Bertz CT molecular complexity index is 1140. The van der Waals surface area contributed by atoms with E-state index in [2.05, 4.69) is 9.30 Å². The van der Waals surface area contributed by atoms with Gasteiger partial charge in [-0.3, -0.25) is 0 Å². The molecule has 2 aliphatic rings. The standard InChI is InChI=1S/C25H31N3O5S/c1-27(2)17-26-34(30,31)23-14-20(25(29)32-3)13-22(24(23)33-21-7-5-4-6-8-21)28(15-18-9-10-18)16-19-11-12-19/h4-8,13-14,17-19H,9-12,15-16H2,1-3H3/b26-17-. The molecule has 34 heavy (non-hydrogen) atoms. The lowest BCUT2D eigenvalue weighted by Crippen LogP contribution is -2.29. The lowest BCUT2D eigenvalue weighted by atomic mass is 10.1. The number of hydrogen-bond acceptors (Lipinski definition) is 6. The van der Waals surface area contributed by atoms with Gasteiger partial charge in [-0.2, -0.15) is 8.42 Å². The molecule has 0 bridgehead atoms. The van der Waals surface area contributed by atoms with Gasteiger partial charge in [0, 0.05) is 27.2 Å². The van der Waals surface area contributed by atoms with Crippen LogP contribution in [0.4, 0.5) is 5.69 Å². The van der Waals surface area contributed by atoms with Crippen LogP contribution in [0.3, 0.4) is 0 Å². The summed E-state index contributed by atoms with van der Waals surface area (Å²) in [5.41, 5.74) is 0.720. The van der Waals surface area contributed by atoms with Gasteiger partial charge in [-0.1, -0.05) is 18.2 Å². The average Bonchev–Trinajstić information content (AvgIpc) is 3.74. The molecule has 8 nitrogen and oxygen atoms in total. The number of carbonyl (C=O) groups excluding carboxylic acids is 1. The van der Waals surface area contributed by atoms with Gasteiger partial charge in [-0.25, -0.2) is 4.79 Å². The Labute approximate surface area is 201 Å². The number of anilines is 1. The highest BCUT2D eigenvalue weighted by atomic mass is 32.2. The molecule has 2 aliphatic carbocycles. The van der Waals surface area contributed by atoms with E-state index in [1.807, 2.05) is 18.2 Å². The molecule has 9 heteroatoms. The van der Waals surface area contributed by atoms with E-state index in [1.165, 1.54) is 24.4 Å². The van der Waals surface area contributed by atoms with E-state index in [1.54, 1.807) is 32.3 Å². The predicted molar refractivity (Wildman–Crippen MR) is 131 cm³/mol. The minimum Gasteiger partial charge on any atom is -0.465 e. The first-order chi connectivity index (χ1) is 16.3. The molecule has 0 radical (unpaired) electrons. The van der Waals surface area contributed by atoms with Gasteiger partial charge in [0.15, 0.2) is 5.75 Å². The number of methoxy groups -OCH3 is 1. The third-order valence-electron chi connectivity index (χ3n) is 5.81. The summed E-state index contributed by atoms with van der Waals surface area (Å²) in [7, 11) is 0.463. The third kappa shape index (κ3) is 6.08. The van der Waals surface area contributed by atoms with Crippen LogP contribution >= 0.6 is 0 Å². The third-order valence-corrected chi connectivity index (χ3v) is 7.04. The summed E-state index contributed by atoms with van der Waals surface area (Å²) < 4.78 is 41.8. The molecule has 0 unspecified atom stereocenters. The lowest BCUT2D eigenvalue weighted by Gasteiger charge is -2.28.